The smallest absolute Gasteiger partial charge is 0.308 e. The highest BCUT2D eigenvalue weighted by molar-refractivity contribution is 5.83. The van der Waals surface area contributed by atoms with Crippen molar-refractivity contribution in [2.24, 2.45) is 17.1 Å². The van der Waals surface area contributed by atoms with Crippen LogP contribution in [0.2, 0.25) is 0 Å². The quantitative estimate of drug-likeness (QED) is 0.659. The Hall–Kier alpha value is -1.10. The monoisotopic (exact) mass is 230 g/mol. The van der Waals surface area contributed by atoms with Gasteiger partial charge in [0.1, 0.15) is 0 Å². The SMILES string of the molecule is CC(NC(=O)C(N)C(C)(C)C)C(C)C(=O)O. The van der Waals surface area contributed by atoms with E-state index in [1.807, 2.05) is 20.8 Å². The Morgan fingerprint density at radius 2 is 1.69 bits per heavy atom. The van der Waals surface area contributed by atoms with Gasteiger partial charge in [0.05, 0.1) is 12.0 Å². The number of hydrogen-bond donors (Lipinski definition) is 3. The summed E-state index contributed by atoms with van der Waals surface area (Å²) in [5.41, 5.74) is 5.42. The van der Waals surface area contributed by atoms with Gasteiger partial charge in [-0.1, -0.05) is 20.8 Å². The summed E-state index contributed by atoms with van der Waals surface area (Å²) in [4.78, 5) is 22.4. The molecule has 4 N–H and O–H groups in total. The summed E-state index contributed by atoms with van der Waals surface area (Å²) in [6, 6.07) is -1.07. The van der Waals surface area contributed by atoms with Crippen LogP contribution in [0.1, 0.15) is 34.6 Å². The number of hydrogen-bond acceptors (Lipinski definition) is 3. The van der Waals surface area contributed by atoms with E-state index in [4.69, 9.17) is 10.8 Å². The molecular weight excluding hydrogens is 208 g/mol. The van der Waals surface area contributed by atoms with Gasteiger partial charge in [-0.15, -0.1) is 0 Å². The summed E-state index contributed by atoms with van der Waals surface area (Å²) < 4.78 is 0. The minimum atomic E-state index is -0.933. The number of aliphatic carboxylic acids is 1. The van der Waals surface area contributed by atoms with Gasteiger partial charge < -0.3 is 16.2 Å². The first kappa shape index (κ1) is 14.9. The van der Waals surface area contributed by atoms with E-state index in [0.29, 0.717) is 0 Å². The van der Waals surface area contributed by atoms with Gasteiger partial charge in [0.15, 0.2) is 0 Å². The third-order valence-corrected chi connectivity index (χ3v) is 2.72. The van der Waals surface area contributed by atoms with Crippen molar-refractivity contribution in [1.29, 1.82) is 0 Å². The molecule has 3 atom stereocenters. The Labute approximate surface area is 96.4 Å². The van der Waals surface area contributed by atoms with Gasteiger partial charge in [0.2, 0.25) is 5.91 Å². The molecule has 94 valence electrons. The zero-order valence-electron chi connectivity index (χ0n) is 10.6. The van der Waals surface area contributed by atoms with Gasteiger partial charge in [0.25, 0.3) is 0 Å². The zero-order chi connectivity index (χ0) is 13.1. The molecule has 0 saturated carbocycles. The minimum absolute atomic E-state index is 0.312. The Kier molecular flexibility index (Phi) is 4.93. The van der Waals surface area contributed by atoms with E-state index in [0.717, 1.165) is 0 Å². The van der Waals surface area contributed by atoms with Crippen molar-refractivity contribution >= 4 is 11.9 Å². The molecule has 0 fully saturated rings. The average Bonchev–Trinajstić information content (AvgIpc) is 2.13. The lowest BCUT2D eigenvalue weighted by Gasteiger charge is -2.28. The second kappa shape index (κ2) is 5.30. The third kappa shape index (κ3) is 4.18. The predicted molar refractivity (Wildman–Crippen MR) is 61.8 cm³/mol. The molecule has 0 radical (unpaired) electrons. The van der Waals surface area contributed by atoms with Crippen LogP contribution in [-0.2, 0) is 9.59 Å². The summed E-state index contributed by atoms with van der Waals surface area (Å²) in [5.74, 6) is -1.87. The summed E-state index contributed by atoms with van der Waals surface area (Å²) in [5, 5.41) is 11.4. The Balaban J connectivity index is 4.41. The first-order valence-corrected chi connectivity index (χ1v) is 5.36. The van der Waals surface area contributed by atoms with Crippen LogP contribution < -0.4 is 11.1 Å². The zero-order valence-corrected chi connectivity index (χ0v) is 10.6. The van der Waals surface area contributed by atoms with Crippen molar-refractivity contribution in [3.8, 4) is 0 Å². The van der Waals surface area contributed by atoms with Gasteiger partial charge in [-0.25, -0.2) is 0 Å². The molecule has 5 nitrogen and oxygen atoms in total. The maximum absolute atomic E-state index is 11.7. The number of carboxylic acids is 1. The van der Waals surface area contributed by atoms with Crippen LogP contribution in [0.15, 0.2) is 0 Å². The fourth-order valence-electron chi connectivity index (χ4n) is 1.05. The summed E-state index contributed by atoms with van der Waals surface area (Å²) in [6.45, 7) is 8.80. The standard InChI is InChI=1S/C11H22N2O3/c1-6(10(15)16)7(2)13-9(14)8(12)11(3,4)5/h6-8H,12H2,1-5H3,(H,13,14)(H,15,16). The first-order valence-electron chi connectivity index (χ1n) is 5.36. The number of carbonyl (C=O) groups is 2. The lowest BCUT2D eigenvalue weighted by molar-refractivity contribution is -0.142. The topological polar surface area (TPSA) is 92.4 Å². The molecule has 0 aliphatic heterocycles. The van der Waals surface area contributed by atoms with E-state index in [-0.39, 0.29) is 11.3 Å². The molecule has 0 aromatic heterocycles. The molecule has 16 heavy (non-hydrogen) atoms. The molecule has 3 unspecified atom stereocenters. The van der Waals surface area contributed by atoms with Crippen molar-refractivity contribution in [2.45, 2.75) is 46.7 Å². The molecule has 0 spiro atoms. The number of amides is 1. The minimum Gasteiger partial charge on any atom is -0.481 e. The predicted octanol–water partition coefficient (Wildman–Crippen LogP) is 0.585. The van der Waals surface area contributed by atoms with E-state index >= 15 is 0 Å². The fraction of sp³-hybridized carbons (Fsp3) is 0.818. The average molecular weight is 230 g/mol. The number of carboxylic acid groups (broad SMARTS) is 1. The van der Waals surface area contributed by atoms with Gasteiger partial charge in [-0.2, -0.15) is 0 Å². The molecule has 5 heteroatoms. The van der Waals surface area contributed by atoms with Crippen LogP contribution in [0, 0.1) is 11.3 Å². The Morgan fingerprint density at radius 3 is 2.00 bits per heavy atom. The van der Waals surface area contributed by atoms with Crippen molar-refractivity contribution in [3.63, 3.8) is 0 Å². The fourth-order valence-corrected chi connectivity index (χ4v) is 1.05. The molecule has 0 saturated heterocycles. The normalized spacial score (nSPS) is 17.4. The molecule has 0 aliphatic carbocycles. The Morgan fingerprint density at radius 1 is 1.25 bits per heavy atom. The van der Waals surface area contributed by atoms with Crippen LogP contribution in [0.25, 0.3) is 0 Å². The highest BCUT2D eigenvalue weighted by Crippen LogP contribution is 2.17. The van der Waals surface area contributed by atoms with Gasteiger partial charge in [-0.05, 0) is 19.3 Å². The summed E-state index contributed by atoms with van der Waals surface area (Å²) >= 11 is 0. The molecule has 0 bridgehead atoms. The van der Waals surface area contributed by atoms with Crippen molar-refractivity contribution in [2.75, 3.05) is 0 Å². The van der Waals surface area contributed by atoms with Crippen LogP contribution >= 0.6 is 0 Å². The second-order valence-electron chi connectivity index (χ2n) is 5.27. The number of nitrogens with one attached hydrogen (secondary N) is 1. The van der Waals surface area contributed by atoms with Crippen LogP contribution in [0.5, 0.6) is 0 Å². The van der Waals surface area contributed by atoms with Crippen molar-refractivity contribution in [1.82, 2.24) is 5.32 Å². The van der Waals surface area contributed by atoms with Gasteiger partial charge >= 0.3 is 5.97 Å². The maximum atomic E-state index is 11.7. The van der Waals surface area contributed by atoms with Crippen molar-refractivity contribution < 1.29 is 14.7 Å². The first-order chi connectivity index (χ1) is 7.07. The van der Waals surface area contributed by atoms with Crippen molar-refractivity contribution in [3.05, 3.63) is 0 Å². The van der Waals surface area contributed by atoms with Crippen LogP contribution in [0.4, 0.5) is 0 Å². The third-order valence-electron chi connectivity index (χ3n) is 2.72. The number of nitrogens with two attached hydrogens (primary N) is 1. The summed E-state index contributed by atoms with van der Waals surface area (Å²) in [6.07, 6.45) is 0. The van der Waals surface area contributed by atoms with E-state index in [1.165, 1.54) is 0 Å². The van der Waals surface area contributed by atoms with E-state index in [9.17, 15) is 9.59 Å². The number of rotatable bonds is 4. The molecule has 0 heterocycles. The largest absolute Gasteiger partial charge is 0.481 e. The van der Waals surface area contributed by atoms with E-state index in [1.54, 1.807) is 13.8 Å². The summed E-state index contributed by atoms with van der Waals surface area (Å²) in [7, 11) is 0. The molecule has 0 aromatic carbocycles. The highest BCUT2D eigenvalue weighted by Gasteiger charge is 2.30. The van der Waals surface area contributed by atoms with Gasteiger partial charge in [0, 0.05) is 6.04 Å². The lowest BCUT2D eigenvalue weighted by atomic mass is 9.86. The molecule has 0 rings (SSSR count). The molecule has 0 aliphatic rings. The maximum Gasteiger partial charge on any atom is 0.308 e. The molecule has 0 aromatic rings. The Bertz CT molecular complexity index is 271. The highest BCUT2D eigenvalue weighted by atomic mass is 16.4. The second-order valence-corrected chi connectivity index (χ2v) is 5.27. The number of carbonyl (C=O) groups excluding carboxylic acids is 1. The van der Waals surface area contributed by atoms with E-state index < -0.39 is 24.0 Å². The molecule has 1 amide bonds. The van der Waals surface area contributed by atoms with Crippen LogP contribution in [-0.4, -0.2) is 29.1 Å². The molecular formula is C11H22N2O3. The van der Waals surface area contributed by atoms with E-state index in [2.05, 4.69) is 5.32 Å². The lowest BCUT2D eigenvalue weighted by Crippen LogP contribution is -2.52. The van der Waals surface area contributed by atoms with Gasteiger partial charge in [-0.3, -0.25) is 9.59 Å². The van der Waals surface area contributed by atoms with Crippen LogP contribution in [0.3, 0.4) is 0 Å².